The second-order valence-corrected chi connectivity index (χ2v) is 7.50. The third kappa shape index (κ3) is 7.24. The van der Waals surface area contributed by atoms with Crippen molar-refractivity contribution >= 4 is 23.4 Å². The van der Waals surface area contributed by atoms with Crippen LogP contribution in [0.4, 0.5) is 5.69 Å². The monoisotopic (exact) mass is 411 g/mol. The molecule has 0 aliphatic heterocycles. The molecule has 0 aromatic heterocycles. The molecule has 30 heavy (non-hydrogen) atoms. The highest BCUT2D eigenvalue weighted by molar-refractivity contribution is 5.99. The Labute approximate surface area is 177 Å². The Hall–Kier alpha value is -3.35. The van der Waals surface area contributed by atoms with Crippen LogP contribution in [0, 0.1) is 5.92 Å². The number of anilines is 1. The number of hydrazine groups is 1. The van der Waals surface area contributed by atoms with E-state index in [0.717, 1.165) is 6.42 Å². The topological polar surface area (TPSA) is 96.5 Å². The van der Waals surface area contributed by atoms with Gasteiger partial charge in [-0.25, -0.2) is 0 Å². The second-order valence-electron chi connectivity index (χ2n) is 7.50. The van der Waals surface area contributed by atoms with E-state index in [9.17, 15) is 14.4 Å². The van der Waals surface area contributed by atoms with Crippen molar-refractivity contribution in [2.75, 3.05) is 5.32 Å². The van der Waals surface area contributed by atoms with Crippen LogP contribution in [0.3, 0.4) is 0 Å². The third-order valence-corrected chi connectivity index (χ3v) is 4.32. The van der Waals surface area contributed by atoms with Crippen molar-refractivity contribution in [2.45, 2.75) is 46.6 Å². The van der Waals surface area contributed by atoms with Gasteiger partial charge in [0.2, 0.25) is 5.91 Å². The van der Waals surface area contributed by atoms with E-state index in [2.05, 4.69) is 16.2 Å². The lowest BCUT2D eigenvalue weighted by molar-refractivity contribution is -0.116. The predicted octanol–water partition coefficient (Wildman–Crippen LogP) is 3.92. The van der Waals surface area contributed by atoms with Crippen LogP contribution in [0.1, 0.15) is 61.3 Å². The Morgan fingerprint density at radius 2 is 1.53 bits per heavy atom. The van der Waals surface area contributed by atoms with Crippen molar-refractivity contribution in [1.29, 1.82) is 0 Å². The molecule has 3 N–H and O–H groups in total. The molecule has 0 aliphatic rings. The molecule has 2 aromatic carbocycles. The molecule has 1 unspecified atom stereocenters. The molecule has 0 bridgehead atoms. The molecule has 2 aromatic rings. The summed E-state index contributed by atoms with van der Waals surface area (Å²) in [6.07, 6.45) is 1.33. The summed E-state index contributed by atoms with van der Waals surface area (Å²) in [6.45, 7) is 7.91. The van der Waals surface area contributed by atoms with E-state index in [1.165, 1.54) is 0 Å². The Kier molecular flexibility index (Phi) is 8.41. The highest BCUT2D eigenvalue weighted by Crippen LogP contribution is 2.16. The maximum absolute atomic E-state index is 12.3. The van der Waals surface area contributed by atoms with Crippen molar-refractivity contribution in [3.63, 3.8) is 0 Å². The molecule has 0 saturated carbocycles. The van der Waals surface area contributed by atoms with Crippen LogP contribution in [-0.2, 0) is 4.79 Å². The number of carbonyl (C=O) groups excluding carboxylic acids is 3. The van der Waals surface area contributed by atoms with Gasteiger partial charge >= 0.3 is 0 Å². The van der Waals surface area contributed by atoms with Gasteiger partial charge < -0.3 is 10.1 Å². The van der Waals surface area contributed by atoms with Crippen LogP contribution < -0.4 is 20.9 Å². The summed E-state index contributed by atoms with van der Waals surface area (Å²) < 4.78 is 5.71. The molecular formula is C23H29N3O4. The van der Waals surface area contributed by atoms with Gasteiger partial charge in [-0.2, -0.15) is 0 Å². The van der Waals surface area contributed by atoms with Crippen LogP contribution in [0.2, 0.25) is 0 Å². The lowest BCUT2D eigenvalue weighted by atomic mass is 10.1. The molecule has 160 valence electrons. The fourth-order valence-corrected chi connectivity index (χ4v) is 2.57. The van der Waals surface area contributed by atoms with Gasteiger partial charge in [0.1, 0.15) is 5.75 Å². The average Bonchev–Trinajstić information content (AvgIpc) is 2.71. The van der Waals surface area contributed by atoms with E-state index in [1.807, 2.05) is 27.7 Å². The zero-order valence-corrected chi connectivity index (χ0v) is 17.8. The molecule has 0 saturated heterocycles. The minimum atomic E-state index is -0.463. The van der Waals surface area contributed by atoms with Crippen molar-refractivity contribution in [1.82, 2.24) is 10.9 Å². The van der Waals surface area contributed by atoms with Gasteiger partial charge in [0.05, 0.1) is 6.10 Å². The molecule has 2 rings (SSSR count). The Morgan fingerprint density at radius 3 is 2.13 bits per heavy atom. The van der Waals surface area contributed by atoms with Crippen molar-refractivity contribution in [2.24, 2.45) is 5.92 Å². The van der Waals surface area contributed by atoms with E-state index < -0.39 is 11.8 Å². The molecule has 3 amide bonds. The number of ether oxygens (including phenoxy) is 1. The van der Waals surface area contributed by atoms with E-state index >= 15 is 0 Å². The summed E-state index contributed by atoms with van der Waals surface area (Å²) >= 11 is 0. The van der Waals surface area contributed by atoms with Gasteiger partial charge in [-0.1, -0.05) is 26.8 Å². The quantitative estimate of drug-likeness (QED) is 0.574. The zero-order chi connectivity index (χ0) is 22.1. The zero-order valence-electron chi connectivity index (χ0n) is 17.8. The van der Waals surface area contributed by atoms with E-state index in [4.69, 9.17) is 4.74 Å². The predicted molar refractivity (Wildman–Crippen MR) is 116 cm³/mol. The summed E-state index contributed by atoms with van der Waals surface area (Å²) in [4.78, 5) is 36.4. The standard InChI is InChI=1S/C23H29N3O4/c1-5-16(4)30-20-8-6-7-18(14-20)23(29)26-25-22(28)17-9-11-19(12-10-17)24-21(27)13-15(2)3/h6-12,14-16H,5,13H2,1-4H3,(H,24,27)(H,25,28)(H,26,29). The minimum absolute atomic E-state index is 0.0427. The third-order valence-electron chi connectivity index (χ3n) is 4.32. The molecule has 0 spiro atoms. The first-order valence-electron chi connectivity index (χ1n) is 10.1. The second kappa shape index (κ2) is 11.0. The number of amides is 3. The van der Waals surface area contributed by atoms with Crippen molar-refractivity contribution < 1.29 is 19.1 Å². The lowest BCUT2D eigenvalue weighted by Crippen LogP contribution is -2.41. The maximum atomic E-state index is 12.3. The maximum Gasteiger partial charge on any atom is 0.269 e. The number of benzene rings is 2. The molecular weight excluding hydrogens is 382 g/mol. The molecule has 1 atom stereocenters. The average molecular weight is 412 g/mol. The first-order chi connectivity index (χ1) is 14.3. The van der Waals surface area contributed by atoms with Gasteiger partial charge in [0.15, 0.2) is 0 Å². The lowest BCUT2D eigenvalue weighted by Gasteiger charge is -2.13. The molecule has 0 fully saturated rings. The number of nitrogens with one attached hydrogen (secondary N) is 3. The number of hydrogen-bond acceptors (Lipinski definition) is 4. The number of hydrogen-bond donors (Lipinski definition) is 3. The Morgan fingerprint density at radius 1 is 0.900 bits per heavy atom. The van der Waals surface area contributed by atoms with E-state index in [-0.39, 0.29) is 17.9 Å². The summed E-state index contributed by atoms with van der Waals surface area (Å²) in [7, 11) is 0. The number of rotatable bonds is 8. The summed E-state index contributed by atoms with van der Waals surface area (Å²) in [5.74, 6) is -0.126. The van der Waals surface area contributed by atoms with Crippen molar-refractivity contribution in [3.05, 3.63) is 59.7 Å². The van der Waals surface area contributed by atoms with Crippen LogP contribution in [-0.4, -0.2) is 23.8 Å². The van der Waals surface area contributed by atoms with Gasteiger partial charge in [-0.15, -0.1) is 0 Å². The molecule has 0 heterocycles. The van der Waals surface area contributed by atoms with Gasteiger partial charge in [-0.3, -0.25) is 25.2 Å². The SMILES string of the molecule is CCC(C)Oc1cccc(C(=O)NNC(=O)c2ccc(NC(=O)CC(C)C)cc2)c1. The summed E-state index contributed by atoms with van der Waals surface area (Å²) in [5.41, 5.74) is 6.12. The van der Waals surface area contributed by atoms with Crippen LogP contribution in [0.25, 0.3) is 0 Å². The largest absolute Gasteiger partial charge is 0.491 e. The summed E-state index contributed by atoms with van der Waals surface area (Å²) in [5, 5.41) is 2.78. The fourth-order valence-electron chi connectivity index (χ4n) is 2.57. The molecule has 0 radical (unpaired) electrons. The Bertz CT molecular complexity index is 878. The summed E-state index contributed by atoms with van der Waals surface area (Å²) in [6, 6.07) is 13.2. The smallest absolute Gasteiger partial charge is 0.269 e. The van der Waals surface area contributed by atoms with E-state index in [0.29, 0.717) is 29.0 Å². The highest BCUT2D eigenvalue weighted by atomic mass is 16.5. The number of carbonyl (C=O) groups is 3. The first-order valence-corrected chi connectivity index (χ1v) is 10.1. The minimum Gasteiger partial charge on any atom is -0.491 e. The van der Waals surface area contributed by atoms with Crippen LogP contribution >= 0.6 is 0 Å². The highest BCUT2D eigenvalue weighted by Gasteiger charge is 2.11. The molecule has 7 heteroatoms. The molecule has 0 aliphatic carbocycles. The van der Waals surface area contributed by atoms with Gasteiger partial charge in [0, 0.05) is 23.2 Å². The first kappa shape index (κ1) is 22.9. The van der Waals surface area contributed by atoms with Gasteiger partial charge in [0.25, 0.3) is 11.8 Å². The fraction of sp³-hybridized carbons (Fsp3) is 0.348. The van der Waals surface area contributed by atoms with Crippen LogP contribution in [0.5, 0.6) is 5.75 Å². The van der Waals surface area contributed by atoms with Crippen LogP contribution in [0.15, 0.2) is 48.5 Å². The Balaban J connectivity index is 1.90. The van der Waals surface area contributed by atoms with Crippen molar-refractivity contribution in [3.8, 4) is 5.75 Å². The normalized spacial score (nSPS) is 11.5. The van der Waals surface area contributed by atoms with Gasteiger partial charge in [-0.05, 0) is 61.7 Å². The van der Waals surface area contributed by atoms with E-state index in [1.54, 1.807) is 48.5 Å². The molecule has 7 nitrogen and oxygen atoms in total.